The first-order chi connectivity index (χ1) is 13.4. The number of nitrogens with one attached hydrogen (secondary N) is 1. The van der Waals surface area contributed by atoms with E-state index in [0.29, 0.717) is 5.75 Å². The summed E-state index contributed by atoms with van der Waals surface area (Å²) in [4.78, 5) is 22.1. The first-order valence-corrected chi connectivity index (χ1v) is 8.08. The number of carbonyl (C=O) groups is 1. The molecule has 3 aromatic rings. The smallest absolute Gasteiger partial charge is 0.282 e. The fourth-order valence-electron chi connectivity index (χ4n) is 2.46. The molecule has 9 heteroatoms. The van der Waals surface area contributed by atoms with Gasteiger partial charge in [-0.15, -0.1) is 0 Å². The first-order valence-electron chi connectivity index (χ1n) is 8.08. The molecule has 0 aliphatic heterocycles. The molecular formula is C19H15N3O6. The molecule has 28 heavy (non-hydrogen) atoms. The summed E-state index contributed by atoms with van der Waals surface area (Å²) in [6, 6.07) is 14.9. The molecule has 0 unspecified atom stereocenters. The summed E-state index contributed by atoms with van der Waals surface area (Å²) in [5.74, 6) is -1.23. The standard InChI is InChI=1S/C19H15N3O6/c23-17-8-14(16(22(26)27)9-18(17)24)10-20-21-19(25)11-28-15-6-5-12-3-1-2-4-13(12)7-15/h1-10,23-24H,11H2,(H,21,25). The van der Waals surface area contributed by atoms with Gasteiger partial charge in [0.1, 0.15) is 5.75 Å². The molecule has 0 radical (unpaired) electrons. The molecule has 0 aliphatic rings. The van der Waals surface area contributed by atoms with E-state index in [2.05, 4.69) is 10.5 Å². The van der Waals surface area contributed by atoms with Crippen molar-refractivity contribution in [2.75, 3.05) is 6.61 Å². The normalized spacial score (nSPS) is 10.9. The highest BCUT2D eigenvalue weighted by molar-refractivity contribution is 5.88. The van der Waals surface area contributed by atoms with Gasteiger partial charge in [0.2, 0.25) is 0 Å². The van der Waals surface area contributed by atoms with E-state index >= 15 is 0 Å². The van der Waals surface area contributed by atoms with Gasteiger partial charge in [-0.1, -0.05) is 30.3 Å². The van der Waals surface area contributed by atoms with E-state index < -0.39 is 28.0 Å². The molecule has 142 valence electrons. The number of hydrazone groups is 1. The summed E-state index contributed by atoms with van der Waals surface area (Å²) in [6.07, 6.45) is 0.991. The Bertz CT molecular complexity index is 1080. The molecule has 3 rings (SSSR count). The minimum atomic E-state index is -0.745. The molecule has 3 aromatic carbocycles. The van der Waals surface area contributed by atoms with Crippen LogP contribution in [0.2, 0.25) is 0 Å². The highest BCUT2D eigenvalue weighted by Crippen LogP contribution is 2.31. The monoisotopic (exact) mass is 381 g/mol. The van der Waals surface area contributed by atoms with Crippen molar-refractivity contribution < 1.29 is 24.7 Å². The number of hydrogen-bond acceptors (Lipinski definition) is 7. The van der Waals surface area contributed by atoms with Crippen LogP contribution in [0, 0.1) is 10.1 Å². The molecule has 0 saturated heterocycles. The lowest BCUT2D eigenvalue weighted by atomic mass is 10.1. The number of nitro groups is 1. The summed E-state index contributed by atoms with van der Waals surface area (Å²) in [5, 5.41) is 35.4. The Labute approximate surface area is 158 Å². The van der Waals surface area contributed by atoms with E-state index in [1.165, 1.54) is 0 Å². The van der Waals surface area contributed by atoms with Gasteiger partial charge in [0.25, 0.3) is 11.6 Å². The van der Waals surface area contributed by atoms with Crippen LogP contribution < -0.4 is 10.2 Å². The van der Waals surface area contributed by atoms with Gasteiger partial charge in [-0.05, 0) is 29.0 Å². The zero-order chi connectivity index (χ0) is 20.1. The van der Waals surface area contributed by atoms with Gasteiger partial charge in [0.15, 0.2) is 18.1 Å². The number of nitro benzene ring substituents is 1. The molecule has 0 atom stereocenters. The van der Waals surface area contributed by atoms with Gasteiger partial charge in [-0.3, -0.25) is 14.9 Å². The summed E-state index contributed by atoms with van der Waals surface area (Å²) >= 11 is 0. The van der Waals surface area contributed by atoms with Crippen LogP contribution in [0.4, 0.5) is 5.69 Å². The Kier molecular flexibility index (Phi) is 5.35. The first kappa shape index (κ1) is 18.6. The maximum Gasteiger partial charge on any atom is 0.282 e. The predicted molar refractivity (Wildman–Crippen MR) is 102 cm³/mol. The minimum Gasteiger partial charge on any atom is -0.504 e. The van der Waals surface area contributed by atoms with E-state index in [1.807, 2.05) is 30.3 Å². The Morgan fingerprint density at radius 1 is 1.11 bits per heavy atom. The number of nitrogens with zero attached hydrogens (tertiary/aromatic N) is 2. The third kappa shape index (κ3) is 4.33. The molecule has 3 N–H and O–H groups in total. The van der Waals surface area contributed by atoms with Crippen LogP contribution >= 0.6 is 0 Å². The maximum absolute atomic E-state index is 11.8. The van der Waals surface area contributed by atoms with Crippen molar-refractivity contribution >= 4 is 28.6 Å². The van der Waals surface area contributed by atoms with Gasteiger partial charge in [0.05, 0.1) is 22.8 Å². The Hall–Kier alpha value is -4.14. The van der Waals surface area contributed by atoms with Gasteiger partial charge in [-0.2, -0.15) is 5.10 Å². The quantitative estimate of drug-likeness (QED) is 0.260. The number of aromatic hydroxyl groups is 2. The fourth-order valence-corrected chi connectivity index (χ4v) is 2.46. The predicted octanol–water partition coefficient (Wildman–Crippen LogP) is 2.69. The van der Waals surface area contributed by atoms with Crippen molar-refractivity contribution in [3.05, 3.63) is 70.3 Å². The van der Waals surface area contributed by atoms with Crippen LogP contribution in [0.15, 0.2) is 59.7 Å². The Morgan fingerprint density at radius 2 is 1.82 bits per heavy atom. The van der Waals surface area contributed by atoms with Gasteiger partial charge in [-0.25, -0.2) is 5.43 Å². The van der Waals surface area contributed by atoms with E-state index in [1.54, 1.807) is 12.1 Å². The number of fused-ring (bicyclic) bond motifs is 1. The average molecular weight is 381 g/mol. The van der Waals surface area contributed by atoms with Gasteiger partial charge in [0, 0.05) is 0 Å². The van der Waals surface area contributed by atoms with Crippen LogP contribution in [-0.4, -0.2) is 33.9 Å². The number of phenols is 2. The van der Waals surface area contributed by atoms with Crippen LogP contribution in [0.3, 0.4) is 0 Å². The molecule has 0 saturated carbocycles. The van der Waals surface area contributed by atoms with E-state index in [-0.39, 0.29) is 12.2 Å². The number of phenolic OH excluding ortho intramolecular Hbond substituents is 2. The highest BCUT2D eigenvalue weighted by Gasteiger charge is 2.16. The molecule has 0 aliphatic carbocycles. The van der Waals surface area contributed by atoms with Crippen LogP contribution in [0.1, 0.15) is 5.56 Å². The van der Waals surface area contributed by atoms with E-state index in [0.717, 1.165) is 29.1 Å². The largest absolute Gasteiger partial charge is 0.504 e. The molecule has 0 aromatic heterocycles. The Morgan fingerprint density at radius 3 is 2.57 bits per heavy atom. The van der Waals surface area contributed by atoms with Crippen LogP contribution in [0.25, 0.3) is 10.8 Å². The lowest BCUT2D eigenvalue weighted by Crippen LogP contribution is -2.24. The fraction of sp³-hybridized carbons (Fsp3) is 0.0526. The van der Waals surface area contributed by atoms with Crippen molar-refractivity contribution in [1.82, 2.24) is 5.43 Å². The molecule has 1 amide bonds. The second kappa shape index (κ2) is 8.04. The summed E-state index contributed by atoms with van der Waals surface area (Å²) in [7, 11) is 0. The maximum atomic E-state index is 11.8. The van der Waals surface area contributed by atoms with Gasteiger partial charge >= 0.3 is 0 Å². The van der Waals surface area contributed by atoms with Crippen LogP contribution in [-0.2, 0) is 4.79 Å². The lowest BCUT2D eigenvalue weighted by molar-refractivity contribution is -0.385. The van der Waals surface area contributed by atoms with Gasteiger partial charge < -0.3 is 14.9 Å². The summed E-state index contributed by atoms with van der Waals surface area (Å²) < 4.78 is 5.41. The number of amides is 1. The topological polar surface area (TPSA) is 134 Å². The zero-order valence-corrected chi connectivity index (χ0v) is 14.4. The van der Waals surface area contributed by atoms with Crippen LogP contribution in [0.5, 0.6) is 17.2 Å². The number of benzene rings is 3. The molecule has 0 spiro atoms. The third-order valence-corrected chi connectivity index (χ3v) is 3.80. The number of rotatable bonds is 6. The number of carbonyl (C=O) groups excluding carboxylic acids is 1. The molecular weight excluding hydrogens is 366 g/mol. The van der Waals surface area contributed by atoms with E-state index in [9.17, 15) is 25.1 Å². The van der Waals surface area contributed by atoms with Crippen molar-refractivity contribution in [3.63, 3.8) is 0 Å². The van der Waals surface area contributed by atoms with Crippen molar-refractivity contribution in [2.45, 2.75) is 0 Å². The van der Waals surface area contributed by atoms with Crippen molar-refractivity contribution in [1.29, 1.82) is 0 Å². The third-order valence-electron chi connectivity index (χ3n) is 3.80. The highest BCUT2D eigenvalue weighted by atomic mass is 16.6. The molecule has 0 bridgehead atoms. The summed E-state index contributed by atoms with van der Waals surface area (Å²) in [6.45, 7) is -0.307. The molecule has 0 heterocycles. The second-order valence-electron chi connectivity index (χ2n) is 5.75. The second-order valence-corrected chi connectivity index (χ2v) is 5.75. The summed E-state index contributed by atoms with van der Waals surface area (Å²) in [5.41, 5.74) is 1.62. The van der Waals surface area contributed by atoms with E-state index in [4.69, 9.17) is 4.74 Å². The zero-order valence-electron chi connectivity index (χ0n) is 14.4. The number of ether oxygens (including phenoxy) is 1. The SMILES string of the molecule is O=C(COc1ccc2ccccc2c1)NN=Cc1cc(O)c(O)cc1[N+](=O)[O-]. The van der Waals surface area contributed by atoms with Crippen molar-refractivity contribution in [3.8, 4) is 17.2 Å². The Balaban J connectivity index is 1.61. The number of hydrogen-bond donors (Lipinski definition) is 3. The molecule has 9 nitrogen and oxygen atoms in total. The average Bonchev–Trinajstić information content (AvgIpc) is 2.68. The minimum absolute atomic E-state index is 0.0870. The van der Waals surface area contributed by atoms with Crippen molar-refractivity contribution in [2.24, 2.45) is 5.10 Å². The lowest BCUT2D eigenvalue weighted by Gasteiger charge is -2.06. The molecule has 0 fully saturated rings.